The summed E-state index contributed by atoms with van der Waals surface area (Å²) in [5, 5.41) is 0. The van der Waals surface area contributed by atoms with E-state index >= 15 is 0 Å². The molecule has 17 rings (SSSR count). The van der Waals surface area contributed by atoms with Gasteiger partial charge >= 0.3 is 0 Å². The average Bonchev–Trinajstić information content (AvgIpc) is 3.68. The summed E-state index contributed by atoms with van der Waals surface area (Å²) in [5.74, 6) is 8.36. The molecule has 400 valence electrons. The SMILES string of the molecule is CCc1nc2cc(-c3ccc(-c4ccc(-c5ccccc5)s4)cc3)cc3c2n1-c1ccccc1O3.CCc1nc2cc(-c3ccccc3)cc3c2n1-c1ccccc1O3.CCc1nc2cc(-c3ccncc3)cc3c2n1-c1ccccc1O3. The molecule has 0 unspecified atom stereocenters. The van der Waals surface area contributed by atoms with Gasteiger partial charge in [-0.05, 0) is 142 Å². The minimum atomic E-state index is 0.852. The smallest absolute Gasteiger partial charge is 0.154 e. The van der Waals surface area contributed by atoms with Crippen LogP contribution < -0.4 is 14.2 Å². The van der Waals surface area contributed by atoms with Crippen LogP contribution in [0.25, 0.3) is 104 Å². The maximum atomic E-state index is 6.35. The van der Waals surface area contributed by atoms with Gasteiger partial charge in [-0.15, -0.1) is 11.3 Å². The molecule has 10 nitrogen and oxygen atoms in total. The molecular weight excluding hydrogens is 1040 g/mol. The Morgan fingerprint density at radius 1 is 0.313 bits per heavy atom. The lowest BCUT2D eigenvalue weighted by atomic mass is 10.0. The van der Waals surface area contributed by atoms with E-state index in [0.717, 1.165) is 149 Å². The van der Waals surface area contributed by atoms with Gasteiger partial charge in [0.2, 0.25) is 0 Å². The number of imidazole rings is 3. The van der Waals surface area contributed by atoms with E-state index in [1.54, 1.807) is 12.4 Å². The highest BCUT2D eigenvalue weighted by atomic mass is 32.1. The van der Waals surface area contributed by atoms with Crippen molar-refractivity contribution in [2.24, 2.45) is 0 Å². The van der Waals surface area contributed by atoms with Crippen molar-refractivity contribution in [3.8, 4) is 106 Å². The normalized spacial score (nSPS) is 12.0. The Hall–Kier alpha value is -10.4. The van der Waals surface area contributed by atoms with Crippen LogP contribution in [0.4, 0.5) is 0 Å². The third-order valence-electron chi connectivity index (χ3n) is 15.6. The van der Waals surface area contributed by atoms with Crippen LogP contribution in [-0.2, 0) is 19.3 Å². The lowest BCUT2D eigenvalue weighted by Gasteiger charge is -2.21. The molecule has 0 saturated heterocycles. The van der Waals surface area contributed by atoms with E-state index in [-0.39, 0.29) is 0 Å². The van der Waals surface area contributed by atoms with Gasteiger partial charge in [-0.1, -0.05) is 142 Å². The molecule has 0 N–H and O–H groups in total. The van der Waals surface area contributed by atoms with Crippen LogP contribution in [0.3, 0.4) is 0 Å². The first kappa shape index (κ1) is 49.7. The van der Waals surface area contributed by atoms with Crippen molar-refractivity contribution in [3.05, 3.63) is 248 Å². The number of thiophene rings is 1. The molecular formula is C72H53N7O3S. The fraction of sp³-hybridized carbons (Fsp3) is 0.0833. The predicted molar refractivity (Wildman–Crippen MR) is 334 cm³/mol. The van der Waals surface area contributed by atoms with Crippen molar-refractivity contribution in [3.63, 3.8) is 0 Å². The van der Waals surface area contributed by atoms with Gasteiger partial charge in [0.25, 0.3) is 0 Å². The highest BCUT2D eigenvalue weighted by Gasteiger charge is 2.28. The van der Waals surface area contributed by atoms with Crippen LogP contribution in [0, 0.1) is 0 Å². The van der Waals surface area contributed by atoms with Crippen molar-refractivity contribution in [2.75, 3.05) is 0 Å². The number of aromatic nitrogens is 7. The Labute approximate surface area is 483 Å². The predicted octanol–water partition coefficient (Wildman–Crippen LogP) is 18.9. The number of pyridine rings is 1. The summed E-state index contributed by atoms with van der Waals surface area (Å²) in [7, 11) is 0. The van der Waals surface area contributed by atoms with Gasteiger partial charge in [0.05, 0.1) is 33.6 Å². The summed E-state index contributed by atoms with van der Waals surface area (Å²) in [6, 6.07) is 75.4. The summed E-state index contributed by atoms with van der Waals surface area (Å²) in [6.07, 6.45) is 6.21. The molecule has 83 heavy (non-hydrogen) atoms. The molecule has 0 amide bonds. The Kier molecular flexibility index (Phi) is 12.3. The topological polar surface area (TPSA) is 94.0 Å². The second-order valence-electron chi connectivity index (χ2n) is 20.6. The maximum absolute atomic E-state index is 6.35. The van der Waals surface area contributed by atoms with Crippen LogP contribution in [0.15, 0.2) is 231 Å². The van der Waals surface area contributed by atoms with Crippen molar-refractivity contribution >= 4 is 44.4 Å². The first-order chi connectivity index (χ1) is 41.0. The molecule has 0 spiro atoms. The van der Waals surface area contributed by atoms with Crippen molar-refractivity contribution in [1.29, 1.82) is 0 Å². The summed E-state index contributed by atoms with van der Waals surface area (Å²) < 4.78 is 25.5. The molecule has 11 heteroatoms. The zero-order chi connectivity index (χ0) is 55.5. The molecule has 0 fully saturated rings. The van der Waals surface area contributed by atoms with E-state index in [2.05, 4.69) is 185 Å². The Balaban J connectivity index is 0.000000109. The number of hydrogen-bond donors (Lipinski definition) is 0. The van der Waals surface area contributed by atoms with E-state index in [1.807, 2.05) is 84.1 Å². The minimum absolute atomic E-state index is 0.852. The van der Waals surface area contributed by atoms with Gasteiger partial charge in [-0.3, -0.25) is 18.7 Å². The molecule has 8 heterocycles. The average molecular weight is 1100 g/mol. The molecule has 0 aliphatic carbocycles. The monoisotopic (exact) mass is 1100 g/mol. The summed E-state index contributed by atoms with van der Waals surface area (Å²) >= 11 is 1.82. The fourth-order valence-corrected chi connectivity index (χ4v) is 12.7. The molecule has 3 aliphatic rings. The summed E-state index contributed by atoms with van der Waals surface area (Å²) in [5.41, 5.74) is 18.5. The number of rotatable bonds is 8. The highest BCUT2D eigenvalue weighted by molar-refractivity contribution is 7.18. The van der Waals surface area contributed by atoms with Gasteiger partial charge in [0, 0.05) is 41.4 Å². The fourth-order valence-electron chi connectivity index (χ4n) is 11.7. The molecule has 0 radical (unpaired) electrons. The van der Waals surface area contributed by atoms with E-state index in [9.17, 15) is 0 Å². The lowest BCUT2D eigenvalue weighted by Crippen LogP contribution is -2.07. The van der Waals surface area contributed by atoms with Crippen LogP contribution in [-0.4, -0.2) is 33.6 Å². The summed E-state index contributed by atoms with van der Waals surface area (Å²) in [6.45, 7) is 6.42. The number of hydrogen-bond acceptors (Lipinski definition) is 8. The third kappa shape index (κ3) is 8.72. The first-order valence-corrected chi connectivity index (χ1v) is 29.0. The van der Waals surface area contributed by atoms with E-state index < -0.39 is 0 Å². The number of fused-ring (bicyclic) bond motifs is 6. The maximum Gasteiger partial charge on any atom is 0.154 e. The van der Waals surface area contributed by atoms with Crippen LogP contribution in [0.2, 0.25) is 0 Å². The summed E-state index contributed by atoms with van der Waals surface area (Å²) in [4.78, 5) is 21.3. The molecule has 0 bridgehead atoms. The van der Waals surface area contributed by atoms with Gasteiger partial charge < -0.3 is 14.2 Å². The molecule has 3 aliphatic heterocycles. The zero-order valence-electron chi connectivity index (χ0n) is 45.8. The van der Waals surface area contributed by atoms with Crippen molar-refractivity contribution in [1.82, 2.24) is 33.6 Å². The van der Waals surface area contributed by atoms with Crippen LogP contribution >= 0.6 is 11.3 Å². The number of nitrogens with zero attached hydrogens (tertiary/aromatic N) is 7. The number of benzene rings is 9. The van der Waals surface area contributed by atoms with E-state index in [0.29, 0.717) is 0 Å². The molecule has 9 aromatic carbocycles. The Morgan fingerprint density at radius 2 is 0.639 bits per heavy atom. The third-order valence-corrected chi connectivity index (χ3v) is 16.8. The van der Waals surface area contributed by atoms with Crippen molar-refractivity contribution < 1.29 is 14.2 Å². The first-order valence-electron chi connectivity index (χ1n) is 28.2. The Bertz CT molecular complexity index is 4600. The van der Waals surface area contributed by atoms with Crippen molar-refractivity contribution in [2.45, 2.75) is 40.0 Å². The van der Waals surface area contributed by atoms with Gasteiger partial charge in [0.1, 0.15) is 34.0 Å². The number of para-hydroxylation sites is 6. The zero-order valence-corrected chi connectivity index (χ0v) is 46.6. The van der Waals surface area contributed by atoms with E-state index in [4.69, 9.17) is 29.2 Å². The molecule has 14 aromatic rings. The Morgan fingerprint density at radius 3 is 1.04 bits per heavy atom. The second kappa shape index (κ2) is 20.6. The lowest BCUT2D eigenvalue weighted by molar-refractivity contribution is 0.474. The van der Waals surface area contributed by atoms with Gasteiger partial charge in [-0.25, -0.2) is 15.0 Å². The van der Waals surface area contributed by atoms with Crippen LogP contribution in [0.5, 0.6) is 34.5 Å². The highest BCUT2D eigenvalue weighted by Crippen LogP contribution is 2.47. The molecule has 0 atom stereocenters. The van der Waals surface area contributed by atoms with Gasteiger partial charge in [-0.2, -0.15) is 0 Å². The standard InChI is InChI=1S/C31H22N2OS.C21H16N2O.C20H15N3O/c1-2-30-32-24-18-23(19-27-31(24)33(30)25-10-6-7-11-26(25)34-27)20-12-14-22(15-13-20)29-17-16-28(35-29)21-8-4-3-5-9-21;1-2-20-22-16-12-15(14-8-4-3-5-9-14)13-19-21(16)23(20)17-10-6-7-11-18(17)24-19;1-2-19-22-15-11-14(13-7-9-21-10-8-13)12-18-20(15)23(19)16-5-3-4-6-17(16)24-18/h3-19H,2H2,1H3;3-13H,2H2,1H3;3-12H,2H2,1H3. The van der Waals surface area contributed by atoms with E-state index in [1.165, 1.54) is 26.4 Å². The largest absolute Gasteiger partial charge is 0.453 e. The molecule has 5 aromatic heterocycles. The number of ether oxygens (including phenoxy) is 3. The quantitative estimate of drug-likeness (QED) is 0.150. The van der Waals surface area contributed by atoms with Crippen LogP contribution in [0.1, 0.15) is 38.2 Å². The second-order valence-corrected chi connectivity index (χ2v) is 21.7. The minimum Gasteiger partial charge on any atom is -0.453 e. The van der Waals surface area contributed by atoms with Gasteiger partial charge in [0.15, 0.2) is 34.5 Å². The molecule has 0 saturated carbocycles. The number of aryl methyl sites for hydroxylation is 3.